The average molecular weight is 413 g/mol. The van der Waals surface area contributed by atoms with Gasteiger partial charge in [-0.2, -0.15) is 0 Å². The highest BCUT2D eigenvalue weighted by atomic mass is 79.9. The number of nitrogens with one attached hydrogen (secondary N) is 1. The number of piperidine rings is 1. The molecule has 1 aromatic heterocycles. The lowest BCUT2D eigenvalue weighted by atomic mass is 10.1. The molecule has 3 rings (SSSR count). The molecule has 1 fully saturated rings. The second kappa shape index (κ2) is 8.19. The molecule has 2 heterocycles. The van der Waals surface area contributed by atoms with Crippen molar-refractivity contribution in [3.63, 3.8) is 0 Å². The average Bonchev–Trinajstić information content (AvgIpc) is 2.96. The Balaban J connectivity index is 0.00000208. The number of carbonyl (C=O) groups is 1. The first-order valence-electron chi connectivity index (χ1n) is 7.99. The maximum atomic E-state index is 12.9. The second-order valence-electron chi connectivity index (χ2n) is 6.02. The van der Waals surface area contributed by atoms with Crippen LogP contribution in [0.15, 0.2) is 40.9 Å². The molecule has 1 saturated heterocycles. The van der Waals surface area contributed by atoms with Gasteiger partial charge in [0.1, 0.15) is 5.69 Å². The van der Waals surface area contributed by atoms with E-state index in [2.05, 4.69) is 27.3 Å². The maximum absolute atomic E-state index is 12.9. The van der Waals surface area contributed by atoms with Gasteiger partial charge in [0.25, 0.3) is 5.91 Å². The smallest absolute Gasteiger partial charge is 0.270 e. The zero-order chi connectivity index (χ0) is 16.4. The molecule has 1 unspecified atom stereocenters. The molecule has 2 aromatic rings. The first-order valence-corrected chi connectivity index (χ1v) is 8.78. The molecular weight excluding hydrogens is 390 g/mol. The second-order valence-corrected chi connectivity index (χ2v) is 6.88. The molecule has 1 atom stereocenters. The lowest BCUT2D eigenvalue weighted by Gasteiger charge is -2.32. The number of halogens is 2. The van der Waals surface area contributed by atoms with Gasteiger partial charge < -0.3 is 14.8 Å². The summed E-state index contributed by atoms with van der Waals surface area (Å²) in [6.45, 7) is 1.62. The van der Waals surface area contributed by atoms with Crippen molar-refractivity contribution in [2.75, 3.05) is 20.1 Å². The minimum atomic E-state index is 0. The van der Waals surface area contributed by atoms with Crippen molar-refractivity contribution in [2.45, 2.75) is 18.9 Å². The van der Waals surface area contributed by atoms with Crippen molar-refractivity contribution >= 4 is 34.2 Å². The fraction of sp³-hybridized carbons (Fsp3) is 0.389. The summed E-state index contributed by atoms with van der Waals surface area (Å²) in [5.41, 5.74) is 2.89. The number of likely N-dealkylation sites (N-methyl/N-ethyl adjacent to an activating group) is 1. The van der Waals surface area contributed by atoms with Crippen molar-refractivity contribution in [3.8, 4) is 11.3 Å². The van der Waals surface area contributed by atoms with Gasteiger partial charge in [-0.15, -0.1) is 12.4 Å². The van der Waals surface area contributed by atoms with E-state index in [0.29, 0.717) is 6.04 Å². The Morgan fingerprint density at radius 1 is 1.25 bits per heavy atom. The van der Waals surface area contributed by atoms with E-state index in [1.165, 1.54) is 0 Å². The Kier molecular flexibility index (Phi) is 6.49. The first kappa shape index (κ1) is 19.0. The molecule has 6 heteroatoms. The molecule has 0 bridgehead atoms. The van der Waals surface area contributed by atoms with Gasteiger partial charge in [-0.05, 0) is 38.1 Å². The quantitative estimate of drug-likeness (QED) is 0.834. The van der Waals surface area contributed by atoms with Crippen LogP contribution in [0.1, 0.15) is 23.3 Å². The minimum absolute atomic E-state index is 0. The molecule has 130 valence electrons. The Morgan fingerprint density at radius 3 is 2.71 bits per heavy atom. The molecule has 4 nitrogen and oxygen atoms in total. The number of aromatic nitrogens is 1. The van der Waals surface area contributed by atoms with E-state index < -0.39 is 0 Å². The highest BCUT2D eigenvalue weighted by molar-refractivity contribution is 9.10. The van der Waals surface area contributed by atoms with Gasteiger partial charge in [-0.25, -0.2) is 0 Å². The Morgan fingerprint density at radius 2 is 2.00 bits per heavy atom. The summed E-state index contributed by atoms with van der Waals surface area (Å²) in [6.07, 6.45) is 2.19. The van der Waals surface area contributed by atoms with Crippen LogP contribution in [-0.4, -0.2) is 41.6 Å². The summed E-state index contributed by atoms with van der Waals surface area (Å²) in [6, 6.07) is 12.4. The van der Waals surface area contributed by atoms with E-state index in [1.54, 1.807) is 0 Å². The standard InChI is InChI=1S/C18H22BrN3O.ClH/c1-20-13-6-5-11-22(12-13)18(23)17-10-9-16(21(17)2)14-7-3-4-8-15(14)19;/h3-4,7-10,13,20H,5-6,11-12H2,1-2H3;1H. The van der Waals surface area contributed by atoms with Gasteiger partial charge in [-0.1, -0.05) is 34.1 Å². The topological polar surface area (TPSA) is 37.3 Å². The summed E-state index contributed by atoms with van der Waals surface area (Å²) in [5, 5.41) is 3.29. The van der Waals surface area contributed by atoms with Crippen LogP contribution in [-0.2, 0) is 7.05 Å². The van der Waals surface area contributed by atoms with Crippen LogP contribution in [0.2, 0.25) is 0 Å². The van der Waals surface area contributed by atoms with Crippen LogP contribution in [0.5, 0.6) is 0 Å². The highest BCUT2D eigenvalue weighted by Crippen LogP contribution is 2.29. The third kappa shape index (κ3) is 3.68. The molecule has 1 N–H and O–H groups in total. The zero-order valence-corrected chi connectivity index (χ0v) is 16.4. The number of carbonyl (C=O) groups excluding carboxylic acids is 1. The normalized spacial score (nSPS) is 17.5. The molecule has 1 aromatic carbocycles. The number of likely N-dealkylation sites (tertiary alicyclic amines) is 1. The molecule has 0 aliphatic carbocycles. The van der Waals surface area contributed by atoms with Crippen molar-refractivity contribution in [1.29, 1.82) is 0 Å². The Hall–Kier alpha value is -1.30. The van der Waals surface area contributed by atoms with Crippen molar-refractivity contribution < 1.29 is 4.79 Å². The van der Waals surface area contributed by atoms with Crippen LogP contribution >= 0.6 is 28.3 Å². The van der Waals surface area contributed by atoms with Crippen molar-refractivity contribution in [1.82, 2.24) is 14.8 Å². The number of hydrogen-bond acceptors (Lipinski definition) is 2. The largest absolute Gasteiger partial charge is 0.340 e. The Labute approximate surface area is 157 Å². The predicted molar refractivity (Wildman–Crippen MR) is 104 cm³/mol. The summed E-state index contributed by atoms with van der Waals surface area (Å²) in [5.74, 6) is 0.116. The molecule has 1 amide bonds. The molecule has 1 aliphatic heterocycles. The highest BCUT2D eigenvalue weighted by Gasteiger charge is 2.25. The lowest BCUT2D eigenvalue weighted by molar-refractivity contribution is 0.0688. The molecule has 0 saturated carbocycles. The van der Waals surface area contributed by atoms with Crippen LogP contribution in [0, 0.1) is 0 Å². The van der Waals surface area contributed by atoms with Crippen LogP contribution in [0.25, 0.3) is 11.3 Å². The maximum Gasteiger partial charge on any atom is 0.270 e. The molecule has 0 radical (unpaired) electrons. The van der Waals surface area contributed by atoms with E-state index in [-0.39, 0.29) is 18.3 Å². The van der Waals surface area contributed by atoms with Crippen LogP contribution in [0.3, 0.4) is 0 Å². The summed E-state index contributed by atoms with van der Waals surface area (Å²) in [4.78, 5) is 14.8. The monoisotopic (exact) mass is 411 g/mol. The van der Waals surface area contributed by atoms with Gasteiger partial charge in [0.2, 0.25) is 0 Å². The van der Waals surface area contributed by atoms with Gasteiger partial charge in [0.05, 0.1) is 0 Å². The number of hydrogen-bond donors (Lipinski definition) is 1. The third-order valence-electron chi connectivity index (χ3n) is 4.61. The molecule has 24 heavy (non-hydrogen) atoms. The van der Waals surface area contributed by atoms with E-state index in [9.17, 15) is 4.79 Å². The number of amides is 1. The summed E-state index contributed by atoms with van der Waals surface area (Å²) in [7, 11) is 3.92. The van der Waals surface area contributed by atoms with Crippen LogP contribution in [0.4, 0.5) is 0 Å². The molecule has 0 spiro atoms. The number of nitrogens with zero attached hydrogens (tertiary/aromatic N) is 2. The SMILES string of the molecule is CNC1CCCN(C(=O)c2ccc(-c3ccccc3Br)n2C)C1.Cl. The van der Waals surface area contributed by atoms with Crippen LogP contribution < -0.4 is 5.32 Å². The van der Waals surface area contributed by atoms with Crippen molar-refractivity contribution in [3.05, 3.63) is 46.6 Å². The fourth-order valence-corrected chi connectivity index (χ4v) is 3.71. The lowest BCUT2D eigenvalue weighted by Crippen LogP contribution is -2.47. The first-order chi connectivity index (χ1) is 11.1. The van der Waals surface area contributed by atoms with Gasteiger partial charge in [0.15, 0.2) is 0 Å². The van der Waals surface area contributed by atoms with E-state index in [1.807, 2.05) is 53.9 Å². The van der Waals surface area contributed by atoms with E-state index in [0.717, 1.165) is 47.4 Å². The Bertz CT molecular complexity index is 716. The summed E-state index contributed by atoms with van der Waals surface area (Å²) < 4.78 is 3.03. The molecule has 1 aliphatic rings. The third-order valence-corrected chi connectivity index (χ3v) is 5.30. The molecular formula is C18H23BrClN3O. The van der Waals surface area contributed by atoms with E-state index in [4.69, 9.17) is 0 Å². The fourth-order valence-electron chi connectivity index (χ4n) is 3.22. The zero-order valence-electron chi connectivity index (χ0n) is 14.0. The van der Waals surface area contributed by atoms with E-state index >= 15 is 0 Å². The predicted octanol–water partition coefficient (Wildman–Crippen LogP) is 3.70. The summed E-state index contributed by atoms with van der Waals surface area (Å²) >= 11 is 3.59. The minimum Gasteiger partial charge on any atom is -0.340 e. The number of rotatable bonds is 3. The van der Waals surface area contributed by atoms with Crippen molar-refractivity contribution in [2.24, 2.45) is 7.05 Å². The number of benzene rings is 1. The van der Waals surface area contributed by atoms with Gasteiger partial charge >= 0.3 is 0 Å². The van der Waals surface area contributed by atoms with Gasteiger partial charge in [-0.3, -0.25) is 4.79 Å². The van der Waals surface area contributed by atoms with Gasteiger partial charge in [0, 0.05) is 41.9 Å².